The van der Waals surface area contributed by atoms with E-state index in [1.807, 2.05) is 13.1 Å². The summed E-state index contributed by atoms with van der Waals surface area (Å²) < 4.78 is 0. The molecule has 106 valence electrons. The second kappa shape index (κ2) is 7.17. The third-order valence-electron chi connectivity index (χ3n) is 3.75. The number of nitrogens with one attached hydrogen (secondary N) is 1. The first kappa shape index (κ1) is 14.7. The van der Waals surface area contributed by atoms with Gasteiger partial charge in [-0.1, -0.05) is 6.92 Å². The Morgan fingerprint density at radius 2 is 2.37 bits per heavy atom. The molecule has 2 rings (SSSR count). The van der Waals surface area contributed by atoms with Crippen LogP contribution in [0.3, 0.4) is 0 Å². The van der Waals surface area contributed by atoms with Gasteiger partial charge in [0.05, 0.1) is 11.4 Å². The molecule has 1 aromatic rings. The standard InChI is InChI=1S/C15H24N2OS/c1-3-13-6-7-15(19-13)14(18)11-17-8-4-5-12(10-17)9-16-2/h6-7,12,16H,3-5,8-11H2,1-2H3. The van der Waals surface area contributed by atoms with Crippen molar-refractivity contribution in [3.63, 3.8) is 0 Å². The molecule has 2 heterocycles. The van der Waals surface area contributed by atoms with E-state index in [1.54, 1.807) is 11.3 Å². The highest BCUT2D eigenvalue weighted by atomic mass is 32.1. The molecule has 0 bridgehead atoms. The summed E-state index contributed by atoms with van der Waals surface area (Å²) in [6, 6.07) is 4.07. The van der Waals surface area contributed by atoms with Crippen LogP contribution in [0, 0.1) is 5.92 Å². The summed E-state index contributed by atoms with van der Waals surface area (Å²) in [5.74, 6) is 0.982. The fourth-order valence-corrected chi connectivity index (χ4v) is 3.63. The second-order valence-electron chi connectivity index (χ2n) is 5.34. The SMILES string of the molecule is CCc1ccc(C(=O)CN2CCCC(CNC)C2)s1. The Hall–Kier alpha value is -0.710. The van der Waals surface area contributed by atoms with Crippen LogP contribution in [-0.2, 0) is 6.42 Å². The van der Waals surface area contributed by atoms with E-state index in [-0.39, 0.29) is 5.78 Å². The van der Waals surface area contributed by atoms with Gasteiger partial charge in [0, 0.05) is 11.4 Å². The highest BCUT2D eigenvalue weighted by Gasteiger charge is 2.21. The summed E-state index contributed by atoms with van der Waals surface area (Å²) in [7, 11) is 2.00. The van der Waals surface area contributed by atoms with Crippen molar-refractivity contribution in [2.24, 2.45) is 5.92 Å². The largest absolute Gasteiger partial charge is 0.319 e. The summed E-state index contributed by atoms with van der Waals surface area (Å²) in [5.41, 5.74) is 0. The van der Waals surface area contributed by atoms with Crippen LogP contribution in [0.5, 0.6) is 0 Å². The lowest BCUT2D eigenvalue weighted by Gasteiger charge is -2.32. The van der Waals surface area contributed by atoms with Crippen molar-refractivity contribution in [1.82, 2.24) is 10.2 Å². The molecule has 1 aromatic heterocycles. The number of rotatable bonds is 6. The maximum Gasteiger partial charge on any atom is 0.186 e. The normalized spacial score (nSPS) is 20.6. The number of thiophene rings is 1. The number of hydrogen-bond acceptors (Lipinski definition) is 4. The molecule has 4 heteroatoms. The van der Waals surface area contributed by atoms with E-state index in [1.165, 1.54) is 17.7 Å². The Kier molecular flexibility index (Phi) is 5.55. The van der Waals surface area contributed by atoms with E-state index in [4.69, 9.17) is 0 Å². The smallest absolute Gasteiger partial charge is 0.186 e. The molecule has 1 fully saturated rings. The Labute approximate surface area is 120 Å². The minimum absolute atomic E-state index is 0.287. The Balaban J connectivity index is 1.87. The first-order chi connectivity index (χ1) is 9.22. The van der Waals surface area contributed by atoms with Gasteiger partial charge in [-0.25, -0.2) is 0 Å². The number of nitrogens with zero attached hydrogens (tertiary/aromatic N) is 1. The molecule has 1 N–H and O–H groups in total. The van der Waals surface area contributed by atoms with Crippen LogP contribution in [0.4, 0.5) is 0 Å². The van der Waals surface area contributed by atoms with E-state index in [0.29, 0.717) is 12.5 Å². The molecule has 0 saturated carbocycles. The molecule has 1 saturated heterocycles. The molecule has 0 aromatic carbocycles. The third kappa shape index (κ3) is 4.13. The van der Waals surface area contributed by atoms with E-state index >= 15 is 0 Å². The molecule has 1 unspecified atom stereocenters. The first-order valence-electron chi connectivity index (χ1n) is 7.21. The Morgan fingerprint density at radius 1 is 1.53 bits per heavy atom. The van der Waals surface area contributed by atoms with Crippen molar-refractivity contribution in [1.29, 1.82) is 0 Å². The number of ketones is 1. The monoisotopic (exact) mass is 280 g/mol. The summed E-state index contributed by atoms with van der Waals surface area (Å²) in [4.78, 5) is 16.8. The van der Waals surface area contributed by atoms with E-state index in [9.17, 15) is 4.79 Å². The molecule has 3 nitrogen and oxygen atoms in total. The lowest BCUT2D eigenvalue weighted by Crippen LogP contribution is -2.41. The zero-order valence-electron chi connectivity index (χ0n) is 11.9. The van der Waals surface area contributed by atoms with Crippen LogP contribution in [0.15, 0.2) is 12.1 Å². The molecule has 1 atom stereocenters. The molecular formula is C15H24N2OS. The fraction of sp³-hybridized carbons (Fsp3) is 0.667. The lowest BCUT2D eigenvalue weighted by atomic mass is 9.98. The number of likely N-dealkylation sites (tertiary alicyclic amines) is 1. The van der Waals surface area contributed by atoms with Crippen LogP contribution < -0.4 is 5.32 Å². The minimum Gasteiger partial charge on any atom is -0.319 e. The zero-order chi connectivity index (χ0) is 13.7. The summed E-state index contributed by atoms with van der Waals surface area (Å²) in [6.07, 6.45) is 3.51. The van der Waals surface area contributed by atoms with Gasteiger partial charge in [-0.2, -0.15) is 0 Å². The first-order valence-corrected chi connectivity index (χ1v) is 8.03. The van der Waals surface area contributed by atoms with Gasteiger partial charge < -0.3 is 5.32 Å². The quantitative estimate of drug-likeness (QED) is 0.812. The molecule has 1 aliphatic heterocycles. The van der Waals surface area contributed by atoms with Crippen molar-refractivity contribution < 1.29 is 4.79 Å². The van der Waals surface area contributed by atoms with E-state index < -0.39 is 0 Å². The van der Waals surface area contributed by atoms with Gasteiger partial charge in [0.2, 0.25) is 0 Å². The van der Waals surface area contributed by atoms with Gasteiger partial charge in [0.25, 0.3) is 0 Å². The van der Waals surface area contributed by atoms with Gasteiger partial charge in [-0.05, 0) is 57.5 Å². The third-order valence-corrected chi connectivity index (χ3v) is 5.02. The number of piperidine rings is 1. The van der Waals surface area contributed by atoms with Gasteiger partial charge in [-0.15, -0.1) is 11.3 Å². The predicted octanol–water partition coefficient (Wildman–Crippen LogP) is 2.42. The van der Waals surface area contributed by atoms with Crippen LogP contribution in [0.2, 0.25) is 0 Å². The minimum atomic E-state index is 0.287. The van der Waals surface area contributed by atoms with Crippen LogP contribution in [0.25, 0.3) is 0 Å². The number of aryl methyl sites for hydroxylation is 1. The summed E-state index contributed by atoms with van der Waals surface area (Å²) in [5, 5.41) is 3.24. The summed E-state index contributed by atoms with van der Waals surface area (Å²) in [6.45, 7) is 5.90. The van der Waals surface area contributed by atoms with Gasteiger partial charge in [-0.3, -0.25) is 9.69 Å². The van der Waals surface area contributed by atoms with Crippen molar-refractivity contribution in [2.45, 2.75) is 26.2 Å². The van der Waals surface area contributed by atoms with Crippen LogP contribution in [-0.4, -0.2) is 43.9 Å². The van der Waals surface area contributed by atoms with E-state index in [2.05, 4.69) is 23.2 Å². The van der Waals surface area contributed by atoms with Gasteiger partial charge in [0.15, 0.2) is 5.78 Å². The topological polar surface area (TPSA) is 32.3 Å². The van der Waals surface area contributed by atoms with Crippen molar-refractivity contribution in [2.75, 3.05) is 33.2 Å². The summed E-state index contributed by atoms with van der Waals surface area (Å²) >= 11 is 1.65. The second-order valence-corrected chi connectivity index (χ2v) is 6.51. The maximum atomic E-state index is 12.3. The molecule has 0 spiro atoms. The number of Topliss-reactive ketones (excluding diaryl/α,β-unsaturated/α-hetero) is 1. The Morgan fingerprint density at radius 3 is 3.05 bits per heavy atom. The molecular weight excluding hydrogens is 256 g/mol. The van der Waals surface area contributed by atoms with Crippen LogP contribution >= 0.6 is 11.3 Å². The van der Waals surface area contributed by atoms with Gasteiger partial charge >= 0.3 is 0 Å². The fourth-order valence-electron chi connectivity index (χ4n) is 2.75. The molecule has 0 amide bonds. The van der Waals surface area contributed by atoms with Crippen molar-refractivity contribution in [3.8, 4) is 0 Å². The average molecular weight is 280 g/mol. The lowest BCUT2D eigenvalue weighted by molar-refractivity contribution is 0.0890. The van der Waals surface area contributed by atoms with Crippen molar-refractivity contribution >= 4 is 17.1 Å². The van der Waals surface area contributed by atoms with Crippen LogP contribution in [0.1, 0.15) is 34.3 Å². The molecule has 19 heavy (non-hydrogen) atoms. The highest BCUT2D eigenvalue weighted by molar-refractivity contribution is 7.14. The predicted molar refractivity (Wildman–Crippen MR) is 81.1 cm³/mol. The number of hydrogen-bond donors (Lipinski definition) is 1. The number of carbonyl (C=O) groups is 1. The van der Waals surface area contributed by atoms with Crippen molar-refractivity contribution in [3.05, 3.63) is 21.9 Å². The maximum absolute atomic E-state index is 12.3. The zero-order valence-corrected chi connectivity index (χ0v) is 12.8. The Bertz CT molecular complexity index is 414. The average Bonchev–Trinajstić information content (AvgIpc) is 2.88. The molecule has 1 aliphatic rings. The molecule has 0 radical (unpaired) electrons. The molecule has 0 aliphatic carbocycles. The van der Waals surface area contributed by atoms with E-state index in [0.717, 1.165) is 30.9 Å². The highest BCUT2D eigenvalue weighted by Crippen LogP contribution is 2.20. The van der Waals surface area contributed by atoms with Gasteiger partial charge in [0.1, 0.15) is 0 Å². The number of carbonyl (C=O) groups excluding carboxylic acids is 1.